The molecule has 1 aromatic carbocycles. The van der Waals surface area contributed by atoms with E-state index in [4.69, 9.17) is 9.15 Å². The van der Waals surface area contributed by atoms with E-state index in [0.717, 1.165) is 24.8 Å². The second-order valence-electron chi connectivity index (χ2n) is 6.45. The first-order valence-electron chi connectivity index (χ1n) is 8.71. The Labute approximate surface area is 151 Å². The van der Waals surface area contributed by atoms with Crippen molar-refractivity contribution < 1.29 is 18.7 Å². The number of rotatable bonds is 5. The maximum absolute atomic E-state index is 11.9. The Morgan fingerprint density at radius 2 is 2.00 bits per heavy atom. The third-order valence-corrected chi connectivity index (χ3v) is 4.51. The molecule has 2 aromatic rings. The predicted octanol–water partition coefficient (Wildman–Crippen LogP) is 2.52. The highest BCUT2D eigenvalue weighted by molar-refractivity contribution is 5.95. The van der Waals surface area contributed by atoms with Gasteiger partial charge in [0, 0.05) is 11.6 Å². The highest BCUT2D eigenvalue weighted by atomic mass is 16.5. The first kappa shape index (κ1) is 17.9. The fourth-order valence-corrected chi connectivity index (χ4v) is 3.04. The number of aromatic nitrogens is 2. The van der Waals surface area contributed by atoms with E-state index in [9.17, 15) is 9.59 Å². The molecule has 0 aliphatic heterocycles. The lowest BCUT2D eigenvalue weighted by molar-refractivity contribution is -0.122. The van der Waals surface area contributed by atoms with E-state index < -0.39 is 11.9 Å². The fraction of sp³-hybridized carbons (Fsp3) is 0.444. The van der Waals surface area contributed by atoms with Gasteiger partial charge >= 0.3 is 6.03 Å². The Morgan fingerprint density at radius 1 is 1.23 bits per heavy atom. The van der Waals surface area contributed by atoms with Crippen LogP contribution in [0.15, 0.2) is 35.1 Å². The molecule has 8 nitrogen and oxygen atoms in total. The zero-order valence-corrected chi connectivity index (χ0v) is 14.6. The number of imide groups is 1. The molecule has 2 N–H and O–H groups in total. The number of hydrogen-bond acceptors (Lipinski definition) is 6. The van der Waals surface area contributed by atoms with Crippen LogP contribution in [0.5, 0.6) is 5.75 Å². The van der Waals surface area contributed by atoms with E-state index in [1.54, 1.807) is 24.3 Å². The Balaban J connectivity index is 1.42. The van der Waals surface area contributed by atoms with Gasteiger partial charge in [0.15, 0.2) is 6.61 Å². The maximum Gasteiger partial charge on any atom is 0.321 e. The minimum absolute atomic E-state index is 0.120. The van der Waals surface area contributed by atoms with Gasteiger partial charge in [-0.2, -0.15) is 0 Å². The van der Waals surface area contributed by atoms with Gasteiger partial charge in [0.2, 0.25) is 12.3 Å². The normalized spacial score (nSPS) is 19.6. The zero-order chi connectivity index (χ0) is 18.4. The number of urea groups is 1. The van der Waals surface area contributed by atoms with Crippen LogP contribution in [0.4, 0.5) is 4.79 Å². The van der Waals surface area contributed by atoms with E-state index in [-0.39, 0.29) is 12.6 Å². The molecule has 138 valence electrons. The molecule has 1 heterocycles. The Kier molecular flexibility index (Phi) is 5.83. The SMILES string of the molecule is C[C@H]1CCCC[C@@H]1NC(=O)NC(=O)COc1ccc(-c2nnco2)cc1. The molecule has 1 fully saturated rings. The Morgan fingerprint density at radius 3 is 2.69 bits per heavy atom. The van der Waals surface area contributed by atoms with Crippen molar-refractivity contribution >= 4 is 11.9 Å². The van der Waals surface area contributed by atoms with E-state index in [1.807, 2.05) is 0 Å². The molecule has 2 atom stereocenters. The summed E-state index contributed by atoms with van der Waals surface area (Å²) in [6.07, 6.45) is 5.60. The first-order chi connectivity index (χ1) is 12.6. The molecule has 0 radical (unpaired) electrons. The summed E-state index contributed by atoms with van der Waals surface area (Å²) in [5.74, 6) is 0.845. The van der Waals surface area contributed by atoms with Crippen molar-refractivity contribution in [3.63, 3.8) is 0 Å². The van der Waals surface area contributed by atoms with Gasteiger partial charge in [0.1, 0.15) is 5.75 Å². The maximum atomic E-state index is 11.9. The standard InChI is InChI=1S/C18H22N4O4/c1-12-4-2-3-5-15(12)20-18(24)21-16(23)10-25-14-8-6-13(7-9-14)17-22-19-11-26-17/h6-9,11-12,15H,2-5,10H2,1H3,(H2,20,21,23,24)/t12-,15-/m0/s1. The molecule has 1 aliphatic rings. The number of carbonyl (C=O) groups excluding carboxylic acids is 2. The van der Waals surface area contributed by atoms with Gasteiger partial charge < -0.3 is 14.5 Å². The van der Waals surface area contributed by atoms with Gasteiger partial charge in [-0.05, 0) is 43.0 Å². The molecule has 1 aliphatic carbocycles. The Bertz CT molecular complexity index is 730. The average molecular weight is 358 g/mol. The topological polar surface area (TPSA) is 106 Å². The summed E-state index contributed by atoms with van der Waals surface area (Å²) in [7, 11) is 0. The molecule has 3 rings (SSSR count). The van der Waals surface area contributed by atoms with Crippen molar-refractivity contribution in [2.45, 2.75) is 38.6 Å². The van der Waals surface area contributed by atoms with Crippen molar-refractivity contribution in [2.24, 2.45) is 5.92 Å². The lowest BCUT2D eigenvalue weighted by Gasteiger charge is -2.29. The summed E-state index contributed by atoms with van der Waals surface area (Å²) in [5, 5.41) is 12.6. The summed E-state index contributed by atoms with van der Waals surface area (Å²) in [6.45, 7) is 1.88. The molecule has 0 saturated heterocycles. The van der Waals surface area contributed by atoms with Gasteiger partial charge in [-0.3, -0.25) is 10.1 Å². The molecule has 8 heteroatoms. The van der Waals surface area contributed by atoms with Crippen molar-refractivity contribution in [2.75, 3.05) is 6.61 Å². The van der Waals surface area contributed by atoms with Crippen LogP contribution in [0.1, 0.15) is 32.6 Å². The number of amides is 3. The van der Waals surface area contributed by atoms with Crippen LogP contribution in [-0.4, -0.2) is 34.8 Å². The summed E-state index contributed by atoms with van der Waals surface area (Å²) in [4.78, 5) is 23.8. The van der Waals surface area contributed by atoms with E-state index in [0.29, 0.717) is 17.6 Å². The van der Waals surface area contributed by atoms with Crippen LogP contribution >= 0.6 is 0 Å². The van der Waals surface area contributed by atoms with Crippen LogP contribution in [0.2, 0.25) is 0 Å². The number of ether oxygens (including phenoxy) is 1. The largest absolute Gasteiger partial charge is 0.484 e. The summed E-state index contributed by atoms with van der Waals surface area (Å²) >= 11 is 0. The molecular weight excluding hydrogens is 336 g/mol. The molecule has 1 aromatic heterocycles. The quantitative estimate of drug-likeness (QED) is 0.851. The summed E-state index contributed by atoms with van der Waals surface area (Å²) in [5.41, 5.74) is 0.750. The second kappa shape index (κ2) is 8.46. The molecule has 3 amide bonds. The molecular formula is C18H22N4O4. The number of carbonyl (C=O) groups is 2. The predicted molar refractivity (Wildman–Crippen MR) is 93.3 cm³/mol. The molecule has 0 bridgehead atoms. The molecule has 1 saturated carbocycles. The second-order valence-corrected chi connectivity index (χ2v) is 6.45. The van der Waals surface area contributed by atoms with Gasteiger partial charge in [-0.15, -0.1) is 10.2 Å². The van der Waals surface area contributed by atoms with Crippen LogP contribution in [0, 0.1) is 5.92 Å². The first-order valence-corrected chi connectivity index (χ1v) is 8.71. The van der Waals surface area contributed by atoms with Crippen LogP contribution < -0.4 is 15.4 Å². The van der Waals surface area contributed by atoms with Crippen LogP contribution in [0.3, 0.4) is 0 Å². The molecule has 0 spiro atoms. The van der Waals surface area contributed by atoms with E-state index >= 15 is 0 Å². The van der Waals surface area contributed by atoms with Crippen molar-refractivity contribution in [1.82, 2.24) is 20.8 Å². The van der Waals surface area contributed by atoms with Gasteiger partial charge in [-0.25, -0.2) is 4.79 Å². The lowest BCUT2D eigenvalue weighted by Crippen LogP contribution is -2.48. The van der Waals surface area contributed by atoms with Crippen molar-refractivity contribution in [3.8, 4) is 17.2 Å². The highest BCUT2D eigenvalue weighted by Crippen LogP contribution is 2.23. The van der Waals surface area contributed by atoms with E-state index in [1.165, 1.54) is 12.8 Å². The highest BCUT2D eigenvalue weighted by Gasteiger charge is 2.23. The average Bonchev–Trinajstić information content (AvgIpc) is 3.17. The number of nitrogens with one attached hydrogen (secondary N) is 2. The summed E-state index contributed by atoms with van der Waals surface area (Å²) in [6, 6.07) is 6.53. The van der Waals surface area contributed by atoms with Gasteiger partial charge in [0.05, 0.1) is 0 Å². The summed E-state index contributed by atoms with van der Waals surface area (Å²) < 4.78 is 10.5. The zero-order valence-electron chi connectivity index (χ0n) is 14.6. The monoisotopic (exact) mass is 358 g/mol. The van der Waals surface area contributed by atoms with Crippen LogP contribution in [-0.2, 0) is 4.79 Å². The number of hydrogen-bond donors (Lipinski definition) is 2. The number of nitrogens with zero attached hydrogens (tertiary/aromatic N) is 2. The fourth-order valence-electron chi connectivity index (χ4n) is 3.04. The van der Waals surface area contributed by atoms with Gasteiger partial charge in [0.25, 0.3) is 5.91 Å². The lowest BCUT2D eigenvalue weighted by atomic mass is 9.86. The van der Waals surface area contributed by atoms with Crippen molar-refractivity contribution in [1.29, 1.82) is 0 Å². The smallest absolute Gasteiger partial charge is 0.321 e. The third-order valence-electron chi connectivity index (χ3n) is 4.51. The third kappa shape index (κ3) is 4.81. The minimum atomic E-state index is -0.494. The Hall–Kier alpha value is -2.90. The van der Waals surface area contributed by atoms with Gasteiger partial charge in [-0.1, -0.05) is 19.8 Å². The molecule has 26 heavy (non-hydrogen) atoms. The molecule has 0 unspecified atom stereocenters. The number of benzene rings is 1. The van der Waals surface area contributed by atoms with E-state index in [2.05, 4.69) is 27.8 Å². The van der Waals surface area contributed by atoms with Crippen LogP contribution in [0.25, 0.3) is 11.5 Å². The van der Waals surface area contributed by atoms with Crippen molar-refractivity contribution in [3.05, 3.63) is 30.7 Å². The minimum Gasteiger partial charge on any atom is -0.484 e.